The highest BCUT2D eigenvalue weighted by molar-refractivity contribution is 5.75. The molecule has 23 heavy (non-hydrogen) atoms. The minimum atomic E-state index is -0.773. The first kappa shape index (κ1) is 17.6. The summed E-state index contributed by atoms with van der Waals surface area (Å²) in [5.41, 5.74) is 0.931. The molecule has 1 aromatic rings. The molecular weight excluding hydrogens is 292 g/mol. The predicted octanol–water partition coefficient (Wildman–Crippen LogP) is 2.87. The van der Waals surface area contributed by atoms with Crippen LogP contribution in [0.25, 0.3) is 0 Å². The SMILES string of the molecule is CCC/C=C/[C@@H](C(=O)O)N1CCC(OCc2ccccn2)CC1. The summed E-state index contributed by atoms with van der Waals surface area (Å²) in [5, 5.41) is 9.41. The van der Waals surface area contributed by atoms with Crippen molar-refractivity contribution < 1.29 is 14.6 Å². The molecule has 1 N–H and O–H groups in total. The molecule has 0 radical (unpaired) electrons. The highest BCUT2D eigenvalue weighted by Gasteiger charge is 2.28. The van der Waals surface area contributed by atoms with Gasteiger partial charge in [-0.25, -0.2) is 0 Å². The number of hydrogen-bond acceptors (Lipinski definition) is 4. The number of likely N-dealkylation sites (tertiary alicyclic amines) is 1. The number of ether oxygens (including phenoxy) is 1. The van der Waals surface area contributed by atoms with Crippen LogP contribution in [-0.2, 0) is 16.1 Å². The molecule has 0 aromatic carbocycles. The second kappa shape index (κ2) is 9.43. The Balaban J connectivity index is 1.78. The lowest BCUT2D eigenvalue weighted by Crippen LogP contribution is -2.46. The Labute approximate surface area is 138 Å². The molecule has 1 aliphatic heterocycles. The Kier molecular flexibility index (Phi) is 7.23. The zero-order valence-corrected chi connectivity index (χ0v) is 13.7. The number of carboxylic acids is 1. The van der Waals surface area contributed by atoms with E-state index in [1.165, 1.54) is 0 Å². The van der Waals surface area contributed by atoms with E-state index in [9.17, 15) is 9.90 Å². The van der Waals surface area contributed by atoms with Gasteiger partial charge in [-0.15, -0.1) is 0 Å². The van der Waals surface area contributed by atoms with Gasteiger partial charge in [0.15, 0.2) is 0 Å². The van der Waals surface area contributed by atoms with Gasteiger partial charge in [0.2, 0.25) is 0 Å². The number of rotatable bonds is 8. The van der Waals surface area contributed by atoms with Crippen molar-refractivity contribution in [3.8, 4) is 0 Å². The molecule has 0 saturated carbocycles. The van der Waals surface area contributed by atoms with Gasteiger partial charge < -0.3 is 9.84 Å². The number of allylic oxidation sites excluding steroid dienone is 1. The third kappa shape index (κ3) is 5.77. The zero-order valence-electron chi connectivity index (χ0n) is 13.7. The van der Waals surface area contributed by atoms with E-state index in [0.29, 0.717) is 6.61 Å². The van der Waals surface area contributed by atoms with Crippen molar-refractivity contribution >= 4 is 5.97 Å². The predicted molar refractivity (Wildman–Crippen MR) is 89.1 cm³/mol. The molecule has 1 aromatic heterocycles. The van der Waals surface area contributed by atoms with Crippen LogP contribution in [0.3, 0.4) is 0 Å². The number of piperidine rings is 1. The Morgan fingerprint density at radius 1 is 1.48 bits per heavy atom. The molecule has 0 spiro atoms. The second-order valence-electron chi connectivity index (χ2n) is 5.87. The molecule has 126 valence electrons. The van der Waals surface area contributed by atoms with E-state index < -0.39 is 12.0 Å². The van der Waals surface area contributed by atoms with Crippen LogP contribution in [0.5, 0.6) is 0 Å². The maximum atomic E-state index is 11.5. The van der Waals surface area contributed by atoms with Crippen molar-refractivity contribution in [2.24, 2.45) is 0 Å². The summed E-state index contributed by atoms with van der Waals surface area (Å²) in [7, 11) is 0. The minimum absolute atomic E-state index is 0.183. The number of unbranched alkanes of at least 4 members (excludes halogenated alkanes) is 1. The summed E-state index contributed by atoms with van der Waals surface area (Å²) < 4.78 is 5.90. The van der Waals surface area contributed by atoms with Crippen molar-refractivity contribution in [3.05, 3.63) is 42.2 Å². The smallest absolute Gasteiger partial charge is 0.324 e. The van der Waals surface area contributed by atoms with Crippen LogP contribution in [0, 0.1) is 0 Å². The summed E-state index contributed by atoms with van der Waals surface area (Å²) in [6.07, 6.45) is 9.42. The summed E-state index contributed by atoms with van der Waals surface area (Å²) in [4.78, 5) is 17.7. The van der Waals surface area contributed by atoms with E-state index in [-0.39, 0.29) is 6.10 Å². The van der Waals surface area contributed by atoms with E-state index in [4.69, 9.17) is 4.74 Å². The third-order valence-electron chi connectivity index (χ3n) is 4.09. The Hall–Kier alpha value is -1.72. The minimum Gasteiger partial charge on any atom is -0.480 e. The number of aromatic nitrogens is 1. The van der Waals surface area contributed by atoms with Gasteiger partial charge in [0.05, 0.1) is 18.4 Å². The highest BCUT2D eigenvalue weighted by Crippen LogP contribution is 2.18. The van der Waals surface area contributed by atoms with Gasteiger partial charge in [0, 0.05) is 19.3 Å². The molecule has 1 aliphatic rings. The Bertz CT molecular complexity index is 496. The molecule has 1 saturated heterocycles. The second-order valence-corrected chi connectivity index (χ2v) is 5.87. The summed E-state index contributed by atoms with van der Waals surface area (Å²) in [6, 6.07) is 5.28. The van der Waals surface area contributed by atoms with Gasteiger partial charge in [0.1, 0.15) is 6.04 Å². The fourth-order valence-electron chi connectivity index (χ4n) is 2.76. The van der Waals surface area contributed by atoms with Crippen LogP contribution in [-0.4, -0.2) is 46.2 Å². The molecule has 2 heterocycles. The molecule has 2 rings (SSSR count). The standard InChI is InChI=1S/C18H26N2O3/c1-2-3-4-8-17(18(21)22)20-12-9-16(10-13-20)23-14-15-7-5-6-11-19-15/h4-8,11,16-17H,2-3,9-10,12-14H2,1H3,(H,21,22)/b8-4+/t17-/m0/s1. The van der Waals surface area contributed by atoms with Gasteiger partial charge >= 0.3 is 5.97 Å². The van der Waals surface area contributed by atoms with E-state index >= 15 is 0 Å². The Morgan fingerprint density at radius 2 is 2.26 bits per heavy atom. The van der Waals surface area contributed by atoms with E-state index in [1.807, 2.05) is 35.3 Å². The van der Waals surface area contributed by atoms with E-state index in [2.05, 4.69) is 11.9 Å². The maximum Gasteiger partial charge on any atom is 0.324 e. The number of pyridine rings is 1. The zero-order chi connectivity index (χ0) is 16.5. The maximum absolute atomic E-state index is 11.5. The van der Waals surface area contributed by atoms with Crippen LogP contribution in [0.1, 0.15) is 38.3 Å². The molecular formula is C18H26N2O3. The average molecular weight is 318 g/mol. The lowest BCUT2D eigenvalue weighted by Gasteiger charge is -2.34. The third-order valence-corrected chi connectivity index (χ3v) is 4.09. The molecule has 5 heteroatoms. The lowest BCUT2D eigenvalue weighted by molar-refractivity contribution is -0.142. The van der Waals surface area contributed by atoms with E-state index in [1.54, 1.807) is 6.20 Å². The van der Waals surface area contributed by atoms with Crippen LogP contribution < -0.4 is 0 Å². The van der Waals surface area contributed by atoms with Crippen LogP contribution in [0.4, 0.5) is 0 Å². The number of nitrogens with zero attached hydrogens (tertiary/aromatic N) is 2. The average Bonchev–Trinajstić information content (AvgIpc) is 2.58. The van der Waals surface area contributed by atoms with Crippen LogP contribution >= 0.6 is 0 Å². The molecule has 1 atom stereocenters. The molecule has 5 nitrogen and oxygen atoms in total. The number of hydrogen-bond donors (Lipinski definition) is 1. The van der Waals surface area contributed by atoms with Gasteiger partial charge in [-0.3, -0.25) is 14.7 Å². The van der Waals surface area contributed by atoms with Crippen LogP contribution in [0.2, 0.25) is 0 Å². The quantitative estimate of drug-likeness (QED) is 0.747. The number of carbonyl (C=O) groups is 1. The summed E-state index contributed by atoms with van der Waals surface area (Å²) in [6.45, 7) is 4.11. The van der Waals surface area contributed by atoms with Gasteiger partial charge in [0.25, 0.3) is 0 Å². The summed E-state index contributed by atoms with van der Waals surface area (Å²) in [5.74, 6) is -0.773. The van der Waals surface area contributed by atoms with Crippen molar-refractivity contribution in [1.82, 2.24) is 9.88 Å². The van der Waals surface area contributed by atoms with Crippen molar-refractivity contribution in [2.45, 2.75) is 51.4 Å². The highest BCUT2D eigenvalue weighted by atomic mass is 16.5. The molecule has 0 amide bonds. The monoisotopic (exact) mass is 318 g/mol. The topological polar surface area (TPSA) is 62.7 Å². The normalized spacial score (nSPS) is 18.3. The molecule has 0 aliphatic carbocycles. The first-order valence-electron chi connectivity index (χ1n) is 8.35. The van der Waals surface area contributed by atoms with Gasteiger partial charge in [-0.1, -0.05) is 31.6 Å². The van der Waals surface area contributed by atoms with Crippen molar-refractivity contribution in [3.63, 3.8) is 0 Å². The van der Waals surface area contributed by atoms with E-state index in [0.717, 1.165) is 44.5 Å². The van der Waals surface area contributed by atoms with Gasteiger partial charge in [-0.2, -0.15) is 0 Å². The number of carboxylic acid groups (broad SMARTS) is 1. The fraction of sp³-hybridized carbons (Fsp3) is 0.556. The van der Waals surface area contributed by atoms with Gasteiger partial charge in [-0.05, 0) is 31.4 Å². The first-order chi connectivity index (χ1) is 11.2. The largest absolute Gasteiger partial charge is 0.480 e. The molecule has 1 fully saturated rings. The van der Waals surface area contributed by atoms with Crippen molar-refractivity contribution in [1.29, 1.82) is 0 Å². The first-order valence-corrected chi connectivity index (χ1v) is 8.35. The summed E-state index contributed by atoms with van der Waals surface area (Å²) >= 11 is 0. The lowest BCUT2D eigenvalue weighted by atomic mass is 10.0. The fourth-order valence-corrected chi connectivity index (χ4v) is 2.76. The Morgan fingerprint density at radius 3 is 2.87 bits per heavy atom. The van der Waals surface area contributed by atoms with Crippen LogP contribution in [0.15, 0.2) is 36.5 Å². The molecule has 0 unspecified atom stereocenters. The van der Waals surface area contributed by atoms with Crippen molar-refractivity contribution in [2.75, 3.05) is 13.1 Å². The number of aliphatic carboxylic acids is 1. The molecule has 0 bridgehead atoms.